The van der Waals surface area contributed by atoms with Crippen LogP contribution in [0.15, 0.2) is 107 Å². The SMILES string of the molecule is Cn1c2cc3ccccc3cc2c(=O)c2c(OCCCCCOc3cc4c(c5c3c(=O)c3cc6ccccc6cc3n5C)C=CC(C)(C)O4)cc3c(c21)C=CC(C)(C)O3. The Labute approximate surface area is 341 Å². The zero-order valence-electron chi connectivity index (χ0n) is 34.3. The van der Waals surface area contributed by atoms with Gasteiger partial charge in [-0.3, -0.25) is 9.59 Å². The Morgan fingerprint density at radius 1 is 0.542 bits per heavy atom. The predicted molar refractivity (Wildman–Crippen MR) is 241 cm³/mol. The fourth-order valence-electron chi connectivity index (χ4n) is 8.96. The van der Waals surface area contributed by atoms with Crippen molar-refractivity contribution in [1.29, 1.82) is 0 Å². The van der Waals surface area contributed by atoms with E-state index >= 15 is 0 Å². The number of hydrogen-bond donors (Lipinski definition) is 0. The Morgan fingerprint density at radius 2 is 0.932 bits per heavy atom. The van der Waals surface area contributed by atoms with Gasteiger partial charge >= 0.3 is 0 Å². The van der Waals surface area contributed by atoms with Gasteiger partial charge in [0, 0.05) is 48.1 Å². The van der Waals surface area contributed by atoms with Crippen LogP contribution >= 0.6 is 0 Å². The van der Waals surface area contributed by atoms with E-state index in [0.717, 1.165) is 74.0 Å². The smallest absolute Gasteiger partial charge is 0.201 e. The van der Waals surface area contributed by atoms with Crippen LogP contribution in [0, 0.1) is 0 Å². The lowest BCUT2D eigenvalue weighted by molar-refractivity contribution is 0.158. The van der Waals surface area contributed by atoms with Crippen LogP contribution < -0.4 is 29.8 Å². The third kappa shape index (κ3) is 6.12. The number of nitrogens with zero attached hydrogens (tertiary/aromatic N) is 2. The van der Waals surface area contributed by atoms with Gasteiger partial charge < -0.3 is 28.1 Å². The molecule has 59 heavy (non-hydrogen) atoms. The summed E-state index contributed by atoms with van der Waals surface area (Å²) in [5.74, 6) is 2.42. The van der Waals surface area contributed by atoms with Crippen LogP contribution in [0.4, 0.5) is 0 Å². The highest BCUT2D eigenvalue weighted by atomic mass is 16.5. The molecule has 0 radical (unpaired) electrons. The first kappa shape index (κ1) is 36.8. The Hall–Kier alpha value is -6.54. The van der Waals surface area contributed by atoms with Crippen molar-refractivity contribution < 1.29 is 18.9 Å². The van der Waals surface area contributed by atoms with Gasteiger partial charge in [-0.25, -0.2) is 0 Å². The Balaban J connectivity index is 0.929. The highest BCUT2D eigenvalue weighted by molar-refractivity contribution is 6.07. The highest BCUT2D eigenvalue weighted by Crippen LogP contribution is 2.43. The number of pyridine rings is 2. The van der Waals surface area contributed by atoms with Gasteiger partial charge in [-0.1, -0.05) is 48.5 Å². The number of unbranched alkanes of at least 4 members (excludes halogenated alkanes) is 2. The van der Waals surface area contributed by atoms with Crippen LogP contribution in [-0.4, -0.2) is 33.6 Å². The molecule has 4 heterocycles. The summed E-state index contributed by atoms with van der Waals surface area (Å²) in [5.41, 5.74) is 3.91. The van der Waals surface area contributed by atoms with Crippen molar-refractivity contribution in [3.8, 4) is 23.0 Å². The van der Waals surface area contributed by atoms with Crippen LogP contribution in [0.25, 0.3) is 77.3 Å². The minimum Gasteiger partial charge on any atom is -0.493 e. The summed E-state index contributed by atoms with van der Waals surface area (Å²) in [7, 11) is 4.01. The molecule has 0 unspecified atom stereocenters. The van der Waals surface area contributed by atoms with E-state index < -0.39 is 11.2 Å². The van der Waals surface area contributed by atoms with Crippen molar-refractivity contribution in [2.75, 3.05) is 13.2 Å². The Kier molecular flexibility index (Phi) is 8.43. The minimum atomic E-state index is -0.502. The average Bonchev–Trinajstić information content (AvgIpc) is 3.21. The zero-order chi connectivity index (χ0) is 40.8. The second kappa shape index (κ2) is 13.5. The van der Waals surface area contributed by atoms with E-state index in [1.165, 1.54) is 0 Å². The van der Waals surface area contributed by atoms with Crippen LogP contribution in [0.3, 0.4) is 0 Å². The average molecular weight is 783 g/mol. The number of ether oxygens (including phenoxy) is 4. The van der Waals surface area contributed by atoms with Gasteiger partial charge in [0.25, 0.3) is 0 Å². The maximum Gasteiger partial charge on any atom is 0.201 e. The van der Waals surface area contributed by atoms with Crippen LogP contribution in [0.1, 0.15) is 58.1 Å². The first-order chi connectivity index (χ1) is 28.4. The number of fused-ring (bicyclic) bond motifs is 10. The Morgan fingerprint density at radius 3 is 1.34 bits per heavy atom. The molecule has 0 saturated heterocycles. The lowest BCUT2D eigenvalue weighted by atomic mass is 9.97. The van der Waals surface area contributed by atoms with E-state index in [1.54, 1.807) is 0 Å². The summed E-state index contributed by atoms with van der Waals surface area (Å²) in [6.07, 6.45) is 10.5. The third-order valence-corrected chi connectivity index (χ3v) is 11.9. The van der Waals surface area contributed by atoms with Gasteiger partial charge in [-0.2, -0.15) is 0 Å². The molecule has 2 aliphatic heterocycles. The number of aryl methyl sites for hydroxylation is 2. The van der Waals surface area contributed by atoms with E-state index in [2.05, 4.69) is 45.6 Å². The summed E-state index contributed by atoms with van der Waals surface area (Å²) in [5, 5.41) is 6.58. The molecular weight excluding hydrogens is 737 g/mol. The standard InChI is InChI=1S/C51H46N2O6/c1-50(2)20-18-34-40(58-50)28-42(44-46(34)52(5)38-26-32-16-10-8-14-30(32)24-36(38)48(44)54)56-22-12-7-13-23-57-43-29-41-35(19-21-51(3,4)59-41)47-45(43)49(55)37-25-31-15-9-11-17-33(31)27-39(37)53(47)6/h8-11,14-21,24-29H,7,12-13,22-23H2,1-6H3. The molecule has 2 aliphatic rings. The van der Waals surface area contributed by atoms with Crippen molar-refractivity contribution in [2.24, 2.45) is 14.1 Å². The molecule has 8 heteroatoms. The zero-order valence-corrected chi connectivity index (χ0v) is 34.3. The van der Waals surface area contributed by atoms with Crippen molar-refractivity contribution in [3.63, 3.8) is 0 Å². The maximum atomic E-state index is 14.4. The summed E-state index contributed by atoms with van der Waals surface area (Å²) in [6, 6.07) is 28.1. The van der Waals surface area contributed by atoms with Crippen LogP contribution in [0.2, 0.25) is 0 Å². The highest BCUT2D eigenvalue weighted by Gasteiger charge is 2.29. The summed E-state index contributed by atoms with van der Waals surface area (Å²) in [6.45, 7) is 8.89. The van der Waals surface area contributed by atoms with Crippen molar-refractivity contribution in [1.82, 2.24) is 9.13 Å². The second-order valence-electron chi connectivity index (χ2n) is 17.1. The molecule has 8 aromatic rings. The number of aromatic nitrogens is 2. The molecule has 296 valence electrons. The number of rotatable bonds is 8. The molecule has 8 nitrogen and oxygen atoms in total. The van der Waals surface area contributed by atoms with Gasteiger partial charge in [-0.15, -0.1) is 0 Å². The molecule has 0 N–H and O–H groups in total. The van der Waals surface area contributed by atoms with E-state index in [1.807, 2.05) is 115 Å². The van der Waals surface area contributed by atoms with Crippen molar-refractivity contribution in [3.05, 3.63) is 129 Å². The van der Waals surface area contributed by atoms with Crippen molar-refractivity contribution in [2.45, 2.75) is 58.2 Å². The fourth-order valence-corrected chi connectivity index (χ4v) is 8.96. The molecule has 0 bridgehead atoms. The predicted octanol–water partition coefficient (Wildman–Crippen LogP) is 11.0. The van der Waals surface area contributed by atoms with Gasteiger partial charge in [0.05, 0.1) is 46.1 Å². The third-order valence-electron chi connectivity index (χ3n) is 11.9. The number of benzene rings is 6. The second-order valence-corrected chi connectivity index (χ2v) is 17.1. The summed E-state index contributed by atoms with van der Waals surface area (Å²) >= 11 is 0. The van der Waals surface area contributed by atoms with Gasteiger partial charge in [0.15, 0.2) is 0 Å². The molecule has 0 atom stereocenters. The summed E-state index contributed by atoms with van der Waals surface area (Å²) in [4.78, 5) is 28.8. The van der Waals surface area contributed by atoms with Crippen molar-refractivity contribution >= 4 is 77.3 Å². The van der Waals surface area contributed by atoms with E-state index in [0.29, 0.717) is 57.8 Å². The fraction of sp³-hybridized carbons (Fsp3) is 0.255. The van der Waals surface area contributed by atoms with E-state index in [4.69, 9.17) is 18.9 Å². The van der Waals surface area contributed by atoms with E-state index in [9.17, 15) is 9.59 Å². The molecule has 6 aromatic carbocycles. The quantitative estimate of drug-likeness (QED) is 0.113. The van der Waals surface area contributed by atoms with Crippen LogP contribution in [-0.2, 0) is 14.1 Å². The molecule has 0 amide bonds. The lowest BCUT2D eigenvalue weighted by Crippen LogP contribution is -2.28. The Bertz CT molecular complexity index is 3060. The van der Waals surface area contributed by atoms with Gasteiger partial charge in [0.1, 0.15) is 34.2 Å². The first-order valence-electron chi connectivity index (χ1n) is 20.4. The minimum absolute atomic E-state index is 0.0597. The largest absolute Gasteiger partial charge is 0.493 e. The van der Waals surface area contributed by atoms with Gasteiger partial charge in [-0.05, 0) is 117 Å². The van der Waals surface area contributed by atoms with Crippen LogP contribution in [0.5, 0.6) is 23.0 Å². The summed E-state index contributed by atoms with van der Waals surface area (Å²) < 4.78 is 30.1. The maximum absolute atomic E-state index is 14.4. The molecule has 0 saturated carbocycles. The van der Waals surface area contributed by atoms with Gasteiger partial charge in [0.2, 0.25) is 10.9 Å². The molecule has 0 aliphatic carbocycles. The topological polar surface area (TPSA) is 80.9 Å². The lowest BCUT2D eigenvalue weighted by Gasteiger charge is -2.29. The normalized spacial score (nSPS) is 15.2. The number of hydrogen-bond acceptors (Lipinski definition) is 6. The molecule has 2 aromatic heterocycles. The monoisotopic (exact) mass is 782 g/mol. The molecule has 10 rings (SSSR count). The molecule has 0 fully saturated rings. The molecular formula is C51H46N2O6. The van der Waals surface area contributed by atoms with E-state index in [-0.39, 0.29) is 10.9 Å². The first-order valence-corrected chi connectivity index (χ1v) is 20.4. The molecule has 0 spiro atoms.